The van der Waals surface area contributed by atoms with Gasteiger partial charge in [-0.2, -0.15) is 11.8 Å². The molecule has 0 spiro atoms. The Hall–Kier alpha value is -0.460. The van der Waals surface area contributed by atoms with E-state index in [1.807, 2.05) is 16.7 Å². The summed E-state index contributed by atoms with van der Waals surface area (Å²) in [6.07, 6.45) is 7.27. The fourth-order valence-electron chi connectivity index (χ4n) is 3.50. The third-order valence-corrected chi connectivity index (χ3v) is 6.32. The number of thioether (sulfide) groups is 1. The molecule has 2 amide bonds. The topological polar surface area (TPSA) is 50.8 Å². The second kappa shape index (κ2) is 9.14. The van der Waals surface area contributed by atoms with Gasteiger partial charge in [0.25, 0.3) is 0 Å². The van der Waals surface area contributed by atoms with Crippen LogP contribution in [0.25, 0.3) is 0 Å². The van der Waals surface area contributed by atoms with E-state index in [4.69, 9.17) is 9.47 Å². The fraction of sp³-hybridized carbons (Fsp3) is 0.941. The van der Waals surface area contributed by atoms with Gasteiger partial charge in [0.1, 0.15) is 0 Å². The number of piperidine rings is 1. The van der Waals surface area contributed by atoms with Gasteiger partial charge in [-0.25, -0.2) is 4.79 Å². The number of ether oxygens (including phenoxy) is 2. The number of amides is 2. The average molecular weight is 343 g/mol. The number of hydrogen-bond acceptors (Lipinski definition) is 4. The van der Waals surface area contributed by atoms with Gasteiger partial charge in [0.15, 0.2) is 0 Å². The van der Waals surface area contributed by atoms with Gasteiger partial charge in [-0.1, -0.05) is 0 Å². The molecule has 0 aromatic carbocycles. The van der Waals surface area contributed by atoms with E-state index in [1.165, 1.54) is 30.8 Å². The molecule has 3 aliphatic rings. The van der Waals surface area contributed by atoms with Gasteiger partial charge in [-0.3, -0.25) is 0 Å². The maximum absolute atomic E-state index is 12.2. The van der Waals surface area contributed by atoms with Gasteiger partial charge in [-0.15, -0.1) is 0 Å². The van der Waals surface area contributed by atoms with Crippen molar-refractivity contribution in [3.63, 3.8) is 0 Å². The van der Waals surface area contributed by atoms with E-state index in [9.17, 15) is 4.79 Å². The van der Waals surface area contributed by atoms with Crippen molar-refractivity contribution < 1.29 is 14.3 Å². The van der Waals surface area contributed by atoms with E-state index in [-0.39, 0.29) is 18.2 Å². The Labute approximate surface area is 143 Å². The molecule has 3 heterocycles. The molecule has 0 radical (unpaired) electrons. The van der Waals surface area contributed by atoms with E-state index >= 15 is 0 Å². The third-order valence-electron chi connectivity index (χ3n) is 5.09. The predicted octanol–water partition coefficient (Wildman–Crippen LogP) is 2.50. The molecule has 3 rings (SSSR count). The zero-order valence-corrected chi connectivity index (χ0v) is 14.8. The highest BCUT2D eigenvalue weighted by atomic mass is 32.2. The Morgan fingerprint density at radius 3 is 2.78 bits per heavy atom. The number of rotatable bonds is 5. The Bertz CT molecular complexity index is 363. The smallest absolute Gasteiger partial charge is 0.317 e. The van der Waals surface area contributed by atoms with Gasteiger partial charge >= 0.3 is 6.03 Å². The number of carbonyl (C=O) groups is 1. The van der Waals surface area contributed by atoms with Gasteiger partial charge in [0, 0.05) is 26.2 Å². The normalized spacial score (nSPS) is 29.7. The summed E-state index contributed by atoms with van der Waals surface area (Å²) in [4.78, 5) is 14.2. The van der Waals surface area contributed by atoms with Gasteiger partial charge < -0.3 is 19.7 Å². The Kier molecular flexibility index (Phi) is 6.90. The van der Waals surface area contributed by atoms with Crippen molar-refractivity contribution in [2.75, 3.05) is 44.4 Å². The largest absolute Gasteiger partial charge is 0.376 e. The molecule has 0 aromatic heterocycles. The summed E-state index contributed by atoms with van der Waals surface area (Å²) in [5.41, 5.74) is 0. The van der Waals surface area contributed by atoms with Crippen LogP contribution in [0.3, 0.4) is 0 Å². The molecular formula is C17H30N2O3S. The van der Waals surface area contributed by atoms with Crippen molar-refractivity contribution in [2.24, 2.45) is 5.92 Å². The minimum atomic E-state index is 0.107. The Balaban J connectivity index is 1.29. The zero-order valence-electron chi connectivity index (χ0n) is 14.0. The molecule has 0 saturated carbocycles. The first kappa shape index (κ1) is 17.4. The summed E-state index contributed by atoms with van der Waals surface area (Å²) in [5, 5.41) is 3.11. The first-order valence-corrected chi connectivity index (χ1v) is 10.3. The van der Waals surface area contributed by atoms with Crippen LogP contribution in [0.5, 0.6) is 0 Å². The molecule has 0 bridgehead atoms. The lowest BCUT2D eigenvalue weighted by Crippen LogP contribution is -2.47. The highest BCUT2D eigenvalue weighted by molar-refractivity contribution is 7.99. The molecule has 0 aromatic rings. The van der Waals surface area contributed by atoms with Gasteiger partial charge in [0.05, 0.1) is 18.8 Å². The number of carbonyl (C=O) groups excluding carboxylic acids is 1. The fourth-order valence-corrected chi connectivity index (χ4v) is 4.78. The van der Waals surface area contributed by atoms with Gasteiger partial charge in [-0.05, 0) is 55.9 Å². The molecule has 3 aliphatic heterocycles. The minimum absolute atomic E-state index is 0.107. The van der Waals surface area contributed by atoms with Crippen molar-refractivity contribution in [3.8, 4) is 0 Å². The standard InChI is InChI=1S/C17H30N2O3S/c20-17(18-11-14-6-10-23-13-14)19-7-4-15(5-8-19)22-12-16-3-1-2-9-21-16/h14-16H,1-13H2,(H,18,20). The highest BCUT2D eigenvalue weighted by Crippen LogP contribution is 2.23. The van der Waals surface area contributed by atoms with Crippen molar-refractivity contribution in [3.05, 3.63) is 0 Å². The first-order valence-electron chi connectivity index (χ1n) is 9.15. The second-order valence-corrected chi connectivity index (χ2v) is 8.07. The van der Waals surface area contributed by atoms with Crippen LogP contribution in [0, 0.1) is 5.92 Å². The van der Waals surface area contributed by atoms with E-state index in [2.05, 4.69) is 5.32 Å². The van der Waals surface area contributed by atoms with Crippen molar-refractivity contribution in [1.82, 2.24) is 10.2 Å². The van der Waals surface area contributed by atoms with Crippen molar-refractivity contribution in [1.29, 1.82) is 0 Å². The van der Waals surface area contributed by atoms with Crippen LogP contribution in [-0.2, 0) is 9.47 Å². The highest BCUT2D eigenvalue weighted by Gasteiger charge is 2.25. The van der Waals surface area contributed by atoms with Crippen LogP contribution in [0.15, 0.2) is 0 Å². The summed E-state index contributed by atoms with van der Waals surface area (Å²) in [6, 6.07) is 0.107. The summed E-state index contributed by atoms with van der Waals surface area (Å²) < 4.78 is 11.7. The van der Waals surface area contributed by atoms with E-state index in [0.717, 1.165) is 52.1 Å². The Morgan fingerprint density at radius 2 is 2.09 bits per heavy atom. The maximum atomic E-state index is 12.2. The maximum Gasteiger partial charge on any atom is 0.317 e. The molecule has 3 saturated heterocycles. The molecule has 3 fully saturated rings. The lowest BCUT2D eigenvalue weighted by Gasteiger charge is -2.33. The Morgan fingerprint density at radius 1 is 1.22 bits per heavy atom. The SMILES string of the molecule is O=C(NCC1CCSC1)N1CCC(OCC2CCCCO2)CC1. The molecule has 23 heavy (non-hydrogen) atoms. The number of urea groups is 1. The number of nitrogens with zero attached hydrogens (tertiary/aromatic N) is 1. The van der Waals surface area contributed by atoms with Crippen LogP contribution in [0.1, 0.15) is 38.5 Å². The molecule has 6 heteroatoms. The van der Waals surface area contributed by atoms with Crippen molar-refractivity contribution in [2.45, 2.75) is 50.7 Å². The van der Waals surface area contributed by atoms with Crippen LogP contribution < -0.4 is 5.32 Å². The predicted molar refractivity (Wildman–Crippen MR) is 93.0 cm³/mol. The van der Waals surface area contributed by atoms with Crippen LogP contribution in [0.2, 0.25) is 0 Å². The quantitative estimate of drug-likeness (QED) is 0.834. The molecular weight excluding hydrogens is 312 g/mol. The summed E-state index contributed by atoms with van der Waals surface area (Å²) in [7, 11) is 0. The number of hydrogen-bond donors (Lipinski definition) is 1. The molecule has 2 atom stereocenters. The van der Waals surface area contributed by atoms with Gasteiger partial charge in [0.2, 0.25) is 0 Å². The van der Waals surface area contributed by atoms with E-state index < -0.39 is 0 Å². The molecule has 132 valence electrons. The zero-order chi connectivity index (χ0) is 15.9. The van der Waals surface area contributed by atoms with E-state index in [0.29, 0.717) is 5.92 Å². The van der Waals surface area contributed by atoms with Crippen molar-refractivity contribution >= 4 is 17.8 Å². The number of likely N-dealkylation sites (tertiary alicyclic amines) is 1. The molecule has 0 aliphatic carbocycles. The summed E-state index contributed by atoms with van der Waals surface area (Å²) in [6.45, 7) is 4.05. The van der Waals surface area contributed by atoms with Crippen LogP contribution in [-0.4, -0.2) is 67.5 Å². The van der Waals surface area contributed by atoms with E-state index in [1.54, 1.807) is 0 Å². The molecule has 2 unspecified atom stereocenters. The lowest BCUT2D eigenvalue weighted by molar-refractivity contribution is -0.0728. The average Bonchev–Trinajstić information content (AvgIpc) is 3.13. The molecule has 5 nitrogen and oxygen atoms in total. The van der Waals surface area contributed by atoms with Crippen LogP contribution >= 0.6 is 11.8 Å². The third kappa shape index (κ3) is 5.54. The first-order chi connectivity index (χ1) is 11.3. The second-order valence-electron chi connectivity index (χ2n) is 6.92. The minimum Gasteiger partial charge on any atom is -0.376 e. The molecule has 1 N–H and O–H groups in total. The lowest BCUT2D eigenvalue weighted by atomic mass is 10.1. The number of nitrogens with one attached hydrogen (secondary N) is 1. The van der Waals surface area contributed by atoms with Crippen LogP contribution in [0.4, 0.5) is 4.79 Å². The monoisotopic (exact) mass is 342 g/mol. The summed E-state index contributed by atoms with van der Waals surface area (Å²) in [5.74, 6) is 3.10. The summed E-state index contributed by atoms with van der Waals surface area (Å²) >= 11 is 2.00.